The fourth-order valence-corrected chi connectivity index (χ4v) is 2.69. The van der Waals surface area contributed by atoms with Gasteiger partial charge in [-0.3, -0.25) is 20.2 Å². The monoisotopic (exact) mass is 446 g/mol. The zero-order valence-electron chi connectivity index (χ0n) is 16.4. The minimum Gasteiger partial charge on any atom is -0.489 e. The molecule has 0 radical (unpaired) electrons. The smallest absolute Gasteiger partial charge is 0.314 e. The lowest BCUT2D eigenvalue weighted by molar-refractivity contribution is -0.386. The maximum atomic E-state index is 13.8. The van der Waals surface area contributed by atoms with Crippen LogP contribution in [0.4, 0.5) is 20.2 Å². The van der Waals surface area contributed by atoms with E-state index in [1.165, 1.54) is 18.2 Å². The predicted octanol–water partition coefficient (Wildman–Crippen LogP) is 4.82. The summed E-state index contributed by atoms with van der Waals surface area (Å²) in [7, 11) is 0. The molecular formula is C21H16F2N2O7. The molecule has 166 valence electrons. The van der Waals surface area contributed by atoms with Gasteiger partial charge in [0.15, 0.2) is 11.6 Å². The van der Waals surface area contributed by atoms with E-state index in [1.54, 1.807) is 0 Å². The van der Waals surface area contributed by atoms with E-state index in [2.05, 4.69) is 0 Å². The quantitative estimate of drug-likeness (QED) is 0.249. The van der Waals surface area contributed by atoms with Gasteiger partial charge in [0.2, 0.25) is 11.6 Å². The SMILES string of the molecule is O=[N+]([O-])c1cc(OCc2ccccc2)ccc1OCCOc1c([N+](=O)[O-])ccc(F)c1F. The van der Waals surface area contributed by atoms with Crippen molar-refractivity contribution < 1.29 is 32.8 Å². The van der Waals surface area contributed by atoms with E-state index in [-0.39, 0.29) is 30.4 Å². The first-order valence-corrected chi connectivity index (χ1v) is 9.20. The number of hydrogen-bond donors (Lipinski definition) is 0. The third kappa shape index (κ3) is 5.45. The van der Waals surface area contributed by atoms with Gasteiger partial charge in [0.25, 0.3) is 0 Å². The summed E-state index contributed by atoms with van der Waals surface area (Å²) >= 11 is 0. The number of nitrogens with zero attached hydrogens (tertiary/aromatic N) is 2. The van der Waals surface area contributed by atoms with Crippen molar-refractivity contribution in [2.45, 2.75) is 6.61 Å². The van der Waals surface area contributed by atoms with Crippen LogP contribution in [0.25, 0.3) is 0 Å². The third-order valence-corrected chi connectivity index (χ3v) is 4.19. The van der Waals surface area contributed by atoms with E-state index >= 15 is 0 Å². The van der Waals surface area contributed by atoms with Gasteiger partial charge in [0.05, 0.1) is 15.9 Å². The highest BCUT2D eigenvalue weighted by molar-refractivity contribution is 5.51. The molecule has 11 heteroatoms. The summed E-state index contributed by atoms with van der Waals surface area (Å²) in [6, 6.07) is 14.6. The van der Waals surface area contributed by atoms with Crippen LogP contribution in [0.2, 0.25) is 0 Å². The zero-order valence-corrected chi connectivity index (χ0v) is 16.4. The number of nitro benzene ring substituents is 2. The van der Waals surface area contributed by atoms with Gasteiger partial charge in [-0.1, -0.05) is 30.3 Å². The van der Waals surface area contributed by atoms with Gasteiger partial charge < -0.3 is 14.2 Å². The number of rotatable bonds is 10. The Morgan fingerprint density at radius 2 is 1.47 bits per heavy atom. The molecule has 0 saturated heterocycles. The molecule has 3 rings (SSSR count). The Kier molecular flexibility index (Phi) is 7.11. The van der Waals surface area contributed by atoms with E-state index in [9.17, 15) is 29.0 Å². The highest BCUT2D eigenvalue weighted by Gasteiger charge is 2.23. The summed E-state index contributed by atoms with van der Waals surface area (Å²) in [5.74, 6) is -3.56. The maximum Gasteiger partial charge on any atom is 0.314 e. The standard InChI is InChI=1S/C21H16F2N2O7/c22-16-7-8-17(24(26)27)21(20(16)23)31-11-10-30-19-9-6-15(12-18(19)25(28)29)32-13-14-4-2-1-3-5-14/h1-9,12H,10-11,13H2. The van der Waals surface area contributed by atoms with Crippen LogP contribution in [-0.2, 0) is 6.61 Å². The Morgan fingerprint density at radius 1 is 0.781 bits per heavy atom. The summed E-state index contributed by atoms with van der Waals surface area (Å²) in [6.45, 7) is -0.535. The molecule has 9 nitrogen and oxygen atoms in total. The van der Waals surface area contributed by atoms with Crippen LogP contribution in [0.1, 0.15) is 5.56 Å². The topological polar surface area (TPSA) is 114 Å². The fourth-order valence-electron chi connectivity index (χ4n) is 2.69. The molecule has 0 atom stereocenters. The van der Waals surface area contributed by atoms with E-state index in [0.29, 0.717) is 6.07 Å². The highest BCUT2D eigenvalue weighted by Crippen LogP contribution is 2.33. The molecule has 0 amide bonds. The normalized spacial score (nSPS) is 10.4. The molecule has 3 aromatic rings. The van der Waals surface area contributed by atoms with E-state index in [0.717, 1.165) is 11.6 Å². The summed E-state index contributed by atoms with van der Waals surface area (Å²) in [6.07, 6.45) is 0. The predicted molar refractivity (Wildman–Crippen MR) is 108 cm³/mol. The van der Waals surface area contributed by atoms with Crippen molar-refractivity contribution in [2.24, 2.45) is 0 Å². The maximum absolute atomic E-state index is 13.8. The number of hydrogen-bond acceptors (Lipinski definition) is 7. The summed E-state index contributed by atoms with van der Waals surface area (Å²) in [5.41, 5.74) is -0.250. The fraction of sp³-hybridized carbons (Fsp3) is 0.143. The van der Waals surface area contributed by atoms with Crippen molar-refractivity contribution in [2.75, 3.05) is 13.2 Å². The largest absolute Gasteiger partial charge is 0.489 e. The van der Waals surface area contributed by atoms with E-state index in [1.807, 2.05) is 30.3 Å². The van der Waals surface area contributed by atoms with Crippen LogP contribution in [0, 0.1) is 31.9 Å². The lowest BCUT2D eigenvalue weighted by atomic mass is 10.2. The molecule has 32 heavy (non-hydrogen) atoms. The number of benzene rings is 3. The van der Waals surface area contributed by atoms with Crippen molar-refractivity contribution in [1.29, 1.82) is 0 Å². The Balaban J connectivity index is 1.63. The summed E-state index contributed by atoms with van der Waals surface area (Å²) in [5, 5.41) is 22.3. The first-order chi connectivity index (χ1) is 15.4. The Labute approximate surface area is 180 Å². The Hall–Kier alpha value is -4.28. The molecule has 0 heterocycles. The van der Waals surface area contributed by atoms with Crippen LogP contribution < -0.4 is 14.2 Å². The number of ether oxygens (including phenoxy) is 3. The molecule has 0 saturated carbocycles. The molecule has 0 spiro atoms. The Morgan fingerprint density at radius 3 is 2.16 bits per heavy atom. The lowest BCUT2D eigenvalue weighted by Crippen LogP contribution is -2.12. The number of halogens is 2. The third-order valence-electron chi connectivity index (χ3n) is 4.19. The molecule has 0 aromatic heterocycles. The first-order valence-electron chi connectivity index (χ1n) is 9.20. The molecule has 0 aliphatic rings. The van der Waals surface area contributed by atoms with Crippen molar-refractivity contribution in [3.63, 3.8) is 0 Å². The molecule has 3 aromatic carbocycles. The Bertz CT molecular complexity index is 1130. The minimum atomic E-state index is -1.51. The van der Waals surface area contributed by atoms with E-state index < -0.39 is 39.5 Å². The molecule has 0 bridgehead atoms. The van der Waals surface area contributed by atoms with Gasteiger partial charge in [-0.25, -0.2) is 4.39 Å². The van der Waals surface area contributed by atoms with Crippen LogP contribution in [0.5, 0.6) is 17.2 Å². The van der Waals surface area contributed by atoms with Crippen molar-refractivity contribution in [3.8, 4) is 17.2 Å². The average Bonchev–Trinajstić information content (AvgIpc) is 2.78. The second-order valence-electron chi connectivity index (χ2n) is 6.32. The van der Waals surface area contributed by atoms with Gasteiger partial charge in [0, 0.05) is 6.07 Å². The molecule has 0 aliphatic carbocycles. The second kappa shape index (κ2) is 10.2. The van der Waals surface area contributed by atoms with Crippen molar-refractivity contribution >= 4 is 11.4 Å². The van der Waals surface area contributed by atoms with Crippen LogP contribution in [0.15, 0.2) is 60.7 Å². The molecule has 0 N–H and O–H groups in total. The zero-order chi connectivity index (χ0) is 23.1. The van der Waals surface area contributed by atoms with Crippen molar-refractivity contribution in [3.05, 3.63) is 98.1 Å². The molecular weight excluding hydrogens is 430 g/mol. The van der Waals surface area contributed by atoms with Gasteiger partial charge in [-0.05, 0) is 23.8 Å². The molecule has 0 aliphatic heterocycles. The number of nitro groups is 2. The minimum absolute atomic E-state index is 0.111. The van der Waals surface area contributed by atoms with Gasteiger partial charge >= 0.3 is 11.4 Å². The molecule has 0 fully saturated rings. The summed E-state index contributed by atoms with van der Waals surface area (Å²) < 4.78 is 43.0. The summed E-state index contributed by atoms with van der Waals surface area (Å²) in [4.78, 5) is 20.7. The second-order valence-corrected chi connectivity index (χ2v) is 6.32. The van der Waals surface area contributed by atoms with Gasteiger partial charge in [-0.15, -0.1) is 0 Å². The average molecular weight is 446 g/mol. The van der Waals surface area contributed by atoms with Gasteiger partial charge in [0.1, 0.15) is 25.6 Å². The van der Waals surface area contributed by atoms with Crippen LogP contribution in [0.3, 0.4) is 0 Å². The van der Waals surface area contributed by atoms with Crippen LogP contribution >= 0.6 is 0 Å². The van der Waals surface area contributed by atoms with Crippen molar-refractivity contribution in [1.82, 2.24) is 0 Å². The van der Waals surface area contributed by atoms with Crippen LogP contribution in [-0.4, -0.2) is 23.1 Å². The highest BCUT2D eigenvalue weighted by atomic mass is 19.2. The van der Waals surface area contributed by atoms with E-state index in [4.69, 9.17) is 14.2 Å². The molecule has 0 unspecified atom stereocenters. The van der Waals surface area contributed by atoms with Gasteiger partial charge in [-0.2, -0.15) is 4.39 Å². The lowest BCUT2D eigenvalue weighted by Gasteiger charge is -2.11. The first kappa shape index (κ1) is 22.4.